The summed E-state index contributed by atoms with van der Waals surface area (Å²) in [6.07, 6.45) is 0.912. The van der Waals surface area contributed by atoms with E-state index in [-0.39, 0.29) is 29.2 Å². The van der Waals surface area contributed by atoms with Crippen LogP contribution in [0.2, 0.25) is 0 Å². The van der Waals surface area contributed by atoms with Crippen LogP contribution in [0.4, 0.5) is 0 Å². The van der Waals surface area contributed by atoms with Gasteiger partial charge in [-0.15, -0.1) is 0 Å². The first kappa shape index (κ1) is 17.5. The third kappa shape index (κ3) is 3.01. The number of hydrogen-bond donors (Lipinski definition) is 3. The minimum Gasteiger partial charge on any atom is -0.508 e. The molecule has 0 radical (unpaired) electrons. The number of fused-ring (bicyclic) bond motifs is 1. The highest BCUT2D eigenvalue weighted by molar-refractivity contribution is 6.47. The van der Waals surface area contributed by atoms with Crippen LogP contribution in [0.1, 0.15) is 41.4 Å². The van der Waals surface area contributed by atoms with Crippen molar-refractivity contribution in [2.45, 2.75) is 26.4 Å². The number of carbonyl (C=O) groups is 2. The Kier molecular flexibility index (Phi) is 4.42. The Bertz CT molecular complexity index is 920. The molecule has 0 fully saturated rings. The first-order valence-corrected chi connectivity index (χ1v) is 8.05. The molecule has 0 amide bonds. The summed E-state index contributed by atoms with van der Waals surface area (Å²) >= 11 is 0. The molecule has 0 aliphatic carbocycles. The number of phenols is 3. The lowest BCUT2D eigenvalue weighted by Gasteiger charge is -2.27. The molecule has 1 unspecified atom stereocenters. The lowest BCUT2D eigenvalue weighted by atomic mass is 9.91. The summed E-state index contributed by atoms with van der Waals surface area (Å²) in [5, 5.41) is 29.7. The molecule has 0 bridgehead atoms. The Morgan fingerprint density at radius 1 is 1.08 bits per heavy atom. The Hall–Kier alpha value is -3.28. The molecular formula is C20H18O6. The van der Waals surface area contributed by atoms with Crippen molar-refractivity contribution in [1.82, 2.24) is 0 Å². The second-order valence-corrected chi connectivity index (χ2v) is 6.37. The van der Waals surface area contributed by atoms with Crippen molar-refractivity contribution in [2.24, 2.45) is 0 Å². The van der Waals surface area contributed by atoms with Crippen LogP contribution in [0.25, 0.3) is 0 Å². The second-order valence-electron chi connectivity index (χ2n) is 6.37. The molecule has 2 aromatic rings. The molecule has 0 spiro atoms. The number of rotatable bonds is 3. The first-order chi connectivity index (χ1) is 12.3. The van der Waals surface area contributed by atoms with Gasteiger partial charge in [-0.3, -0.25) is 9.59 Å². The normalized spacial score (nSPS) is 16.0. The zero-order chi connectivity index (χ0) is 19.0. The largest absolute Gasteiger partial charge is 0.508 e. The van der Waals surface area contributed by atoms with E-state index in [1.54, 1.807) is 0 Å². The first-order valence-electron chi connectivity index (χ1n) is 8.05. The summed E-state index contributed by atoms with van der Waals surface area (Å²) < 4.78 is 5.76. The maximum Gasteiger partial charge on any atom is 0.248 e. The molecule has 0 aromatic heterocycles. The molecule has 1 aliphatic rings. The molecule has 6 heteroatoms. The average Bonchev–Trinajstić information content (AvgIpc) is 2.57. The topological polar surface area (TPSA) is 104 Å². The van der Waals surface area contributed by atoms with Gasteiger partial charge in [0.2, 0.25) is 11.6 Å². The van der Waals surface area contributed by atoms with Crippen LogP contribution in [-0.2, 0) is 11.2 Å². The van der Waals surface area contributed by atoms with E-state index in [2.05, 4.69) is 0 Å². The number of phenolic OH excluding ortho intramolecular Hbond substituents is 3. The maximum atomic E-state index is 12.6. The van der Waals surface area contributed by atoms with Gasteiger partial charge in [0.1, 0.15) is 28.6 Å². The van der Waals surface area contributed by atoms with Crippen LogP contribution in [0, 0.1) is 0 Å². The molecule has 3 rings (SSSR count). The molecule has 134 valence electrons. The lowest BCUT2D eigenvalue weighted by molar-refractivity contribution is -0.122. The van der Waals surface area contributed by atoms with Gasteiger partial charge in [0.25, 0.3) is 0 Å². The number of ether oxygens (including phenoxy) is 1. The molecule has 0 saturated heterocycles. The van der Waals surface area contributed by atoms with Crippen LogP contribution >= 0.6 is 0 Å². The van der Waals surface area contributed by atoms with Crippen molar-refractivity contribution in [2.75, 3.05) is 0 Å². The predicted octanol–water partition coefficient (Wildman–Crippen LogP) is 3.20. The molecular weight excluding hydrogens is 336 g/mol. The highest BCUT2D eigenvalue weighted by atomic mass is 16.5. The Balaban J connectivity index is 2.14. The number of benzene rings is 2. The highest BCUT2D eigenvalue weighted by Crippen LogP contribution is 2.44. The molecule has 6 nitrogen and oxygen atoms in total. The third-order valence-electron chi connectivity index (χ3n) is 4.17. The smallest absolute Gasteiger partial charge is 0.248 e. The summed E-state index contributed by atoms with van der Waals surface area (Å²) in [7, 11) is 0. The monoisotopic (exact) mass is 354 g/mol. The van der Waals surface area contributed by atoms with Crippen LogP contribution in [-0.4, -0.2) is 26.9 Å². The molecule has 1 heterocycles. The molecule has 0 saturated carbocycles. The van der Waals surface area contributed by atoms with Gasteiger partial charge in [0.05, 0.1) is 0 Å². The second kappa shape index (κ2) is 6.55. The Labute approximate surface area is 150 Å². The van der Waals surface area contributed by atoms with Gasteiger partial charge in [-0.2, -0.15) is 0 Å². The average molecular weight is 354 g/mol. The number of aromatic hydroxyl groups is 3. The van der Waals surface area contributed by atoms with Crippen molar-refractivity contribution in [3.8, 4) is 23.0 Å². The summed E-state index contributed by atoms with van der Waals surface area (Å²) in [6.45, 7) is 3.78. The molecule has 1 aliphatic heterocycles. The van der Waals surface area contributed by atoms with Crippen molar-refractivity contribution >= 4 is 11.6 Å². The SMILES string of the molecule is CC(C)=CCc1c(O)cc(O)c2c1OC(c1ccc(O)cc1)C(=O)C2=O. The zero-order valence-electron chi connectivity index (χ0n) is 14.3. The maximum absolute atomic E-state index is 12.6. The number of ketones is 2. The van der Waals surface area contributed by atoms with Gasteiger partial charge in [-0.05, 0) is 32.4 Å². The molecule has 2 aromatic carbocycles. The van der Waals surface area contributed by atoms with Gasteiger partial charge in [0.15, 0.2) is 6.10 Å². The molecule has 3 N–H and O–H groups in total. The van der Waals surface area contributed by atoms with E-state index in [4.69, 9.17) is 4.74 Å². The fraction of sp³-hybridized carbons (Fsp3) is 0.200. The Morgan fingerprint density at radius 3 is 2.35 bits per heavy atom. The summed E-state index contributed by atoms with van der Waals surface area (Å²) in [5.74, 6) is -2.39. The standard InChI is InChI=1S/C20H18O6/c1-10(2)3-8-13-14(22)9-15(23)16-17(24)18(25)19(26-20(13)16)11-4-6-12(21)7-5-11/h3-7,9,19,21-23H,8H2,1-2H3. The fourth-order valence-corrected chi connectivity index (χ4v) is 2.81. The van der Waals surface area contributed by atoms with Crippen LogP contribution in [0.5, 0.6) is 23.0 Å². The van der Waals surface area contributed by atoms with Crippen LogP contribution in [0.15, 0.2) is 42.0 Å². The lowest BCUT2D eigenvalue weighted by Crippen LogP contribution is -2.32. The minimum atomic E-state index is -1.21. The number of carbonyl (C=O) groups excluding carboxylic acids is 2. The van der Waals surface area contributed by atoms with E-state index in [1.165, 1.54) is 24.3 Å². The minimum absolute atomic E-state index is 0.00248. The number of Topliss-reactive ketones (excluding diaryl/α,β-unsaturated/α-hetero) is 2. The van der Waals surface area contributed by atoms with Gasteiger partial charge in [-0.1, -0.05) is 23.8 Å². The van der Waals surface area contributed by atoms with E-state index in [0.717, 1.165) is 11.6 Å². The van der Waals surface area contributed by atoms with E-state index in [1.807, 2.05) is 19.9 Å². The van der Waals surface area contributed by atoms with E-state index in [0.29, 0.717) is 11.1 Å². The third-order valence-corrected chi connectivity index (χ3v) is 4.17. The van der Waals surface area contributed by atoms with Crippen molar-refractivity contribution < 1.29 is 29.6 Å². The van der Waals surface area contributed by atoms with E-state index >= 15 is 0 Å². The quantitative estimate of drug-likeness (QED) is 0.578. The Morgan fingerprint density at radius 2 is 1.73 bits per heavy atom. The van der Waals surface area contributed by atoms with E-state index in [9.17, 15) is 24.9 Å². The van der Waals surface area contributed by atoms with Gasteiger partial charge in [0, 0.05) is 17.2 Å². The van der Waals surface area contributed by atoms with Crippen LogP contribution in [0.3, 0.4) is 0 Å². The van der Waals surface area contributed by atoms with Crippen molar-refractivity contribution in [3.63, 3.8) is 0 Å². The summed E-state index contributed by atoms with van der Waals surface area (Å²) in [5.41, 5.74) is 1.48. The van der Waals surface area contributed by atoms with Gasteiger partial charge in [-0.25, -0.2) is 0 Å². The molecule has 26 heavy (non-hydrogen) atoms. The zero-order valence-corrected chi connectivity index (χ0v) is 14.3. The highest BCUT2D eigenvalue weighted by Gasteiger charge is 2.40. The predicted molar refractivity (Wildman–Crippen MR) is 93.7 cm³/mol. The fourth-order valence-electron chi connectivity index (χ4n) is 2.81. The van der Waals surface area contributed by atoms with Crippen LogP contribution < -0.4 is 4.74 Å². The molecule has 1 atom stereocenters. The summed E-state index contributed by atoms with van der Waals surface area (Å²) in [4.78, 5) is 25.0. The number of hydrogen-bond acceptors (Lipinski definition) is 6. The van der Waals surface area contributed by atoms with Crippen molar-refractivity contribution in [1.29, 1.82) is 0 Å². The van der Waals surface area contributed by atoms with Gasteiger partial charge < -0.3 is 20.1 Å². The summed E-state index contributed by atoms with van der Waals surface area (Å²) in [6, 6.07) is 6.78. The van der Waals surface area contributed by atoms with E-state index < -0.39 is 23.4 Å². The van der Waals surface area contributed by atoms with Gasteiger partial charge >= 0.3 is 0 Å². The van der Waals surface area contributed by atoms with Crippen molar-refractivity contribution in [3.05, 3.63) is 58.7 Å². The number of allylic oxidation sites excluding steroid dienone is 2.